The first-order chi connectivity index (χ1) is 30.3. The fourth-order valence-electron chi connectivity index (χ4n) is 9.11. The highest BCUT2D eigenvalue weighted by Crippen LogP contribution is 2.44. The molecule has 61 heavy (non-hydrogen) atoms. The van der Waals surface area contributed by atoms with E-state index in [1.807, 2.05) is 66.7 Å². The minimum absolute atomic E-state index is 0.525. The molecule has 0 bridgehead atoms. The molecule has 0 saturated carbocycles. The van der Waals surface area contributed by atoms with Crippen LogP contribution in [0, 0.1) is 0 Å². The number of rotatable bonds is 6. The van der Waals surface area contributed by atoms with Crippen molar-refractivity contribution in [2.75, 3.05) is 0 Å². The monoisotopic (exact) mass is 777 g/mol. The van der Waals surface area contributed by atoms with Crippen LogP contribution in [0.15, 0.2) is 212 Å². The first-order valence-electron chi connectivity index (χ1n) is 20.6. The average Bonchev–Trinajstić information content (AvgIpc) is 3.68. The lowest BCUT2D eigenvalue weighted by atomic mass is 9.90. The second kappa shape index (κ2) is 14.2. The van der Waals surface area contributed by atoms with Gasteiger partial charge in [0.1, 0.15) is 5.69 Å². The Hall–Kier alpha value is -8.28. The summed E-state index contributed by atoms with van der Waals surface area (Å²) in [7, 11) is 0. The van der Waals surface area contributed by atoms with E-state index in [9.17, 15) is 0 Å². The summed E-state index contributed by atoms with van der Waals surface area (Å²) in [6, 6.07) is 74.7. The molecule has 5 nitrogen and oxygen atoms in total. The molecule has 0 spiro atoms. The van der Waals surface area contributed by atoms with E-state index in [4.69, 9.17) is 19.9 Å². The number of pyridine rings is 1. The quantitative estimate of drug-likeness (QED) is 0.158. The maximum absolute atomic E-state index is 5.32. The van der Waals surface area contributed by atoms with Gasteiger partial charge in [-0.05, 0) is 74.5 Å². The van der Waals surface area contributed by atoms with Gasteiger partial charge in [-0.25, -0.2) is 19.9 Å². The number of hydrogen-bond acceptors (Lipinski definition) is 4. The summed E-state index contributed by atoms with van der Waals surface area (Å²) in [4.78, 5) is 20.2. The van der Waals surface area contributed by atoms with Gasteiger partial charge in [-0.3, -0.25) is 0 Å². The van der Waals surface area contributed by atoms with Gasteiger partial charge in [0.2, 0.25) is 0 Å². The summed E-state index contributed by atoms with van der Waals surface area (Å²) in [6.45, 7) is 0. The van der Waals surface area contributed by atoms with E-state index in [-0.39, 0.29) is 0 Å². The molecule has 0 unspecified atom stereocenters. The third-order valence-corrected chi connectivity index (χ3v) is 11.8. The normalized spacial score (nSPS) is 11.6. The second-order valence-electron chi connectivity index (χ2n) is 15.4. The molecule has 9 aromatic carbocycles. The van der Waals surface area contributed by atoms with Crippen molar-refractivity contribution in [3.05, 3.63) is 212 Å². The molecule has 0 amide bonds. The molecule has 0 fully saturated rings. The minimum Gasteiger partial charge on any atom is -0.309 e. The van der Waals surface area contributed by atoms with Crippen molar-refractivity contribution in [1.29, 1.82) is 0 Å². The van der Waals surface area contributed by atoms with E-state index >= 15 is 0 Å². The van der Waals surface area contributed by atoms with Crippen LogP contribution in [0.1, 0.15) is 0 Å². The van der Waals surface area contributed by atoms with E-state index in [0.29, 0.717) is 23.2 Å². The molecule has 0 N–H and O–H groups in total. The number of benzene rings is 9. The van der Waals surface area contributed by atoms with Gasteiger partial charge in [-0.15, -0.1) is 0 Å². The lowest BCUT2D eigenvalue weighted by Gasteiger charge is -2.18. The van der Waals surface area contributed by atoms with Crippen molar-refractivity contribution in [3.8, 4) is 62.4 Å². The summed E-state index contributed by atoms with van der Waals surface area (Å²) in [5.74, 6) is 1.74. The van der Waals surface area contributed by atoms with Crippen LogP contribution in [0.2, 0.25) is 0 Å². The predicted molar refractivity (Wildman–Crippen MR) is 252 cm³/mol. The summed E-state index contributed by atoms with van der Waals surface area (Å²) < 4.78 is 2.46. The Kier molecular flexibility index (Phi) is 8.10. The maximum Gasteiger partial charge on any atom is 0.182 e. The highest BCUT2D eigenvalue weighted by atomic mass is 15.0. The lowest BCUT2D eigenvalue weighted by Crippen LogP contribution is -2.01. The Bertz CT molecular complexity index is 3540. The highest BCUT2D eigenvalue weighted by Gasteiger charge is 2.20. The molecule has 0 atom stereocenters. The summed E-state index contributed by atoms with van der Waals surface area (Å²) >= 11 is 0. The molecule has 12 rings (SSSR count). The first-order valence-corrected chi connectivity index (χ1v) is 20.6. The third kappa shape index (κ3) is 5.78. The smallest absolute Gasteiger partial charge is 0.182 e. The minimum atomic E-state index is 0.525. The van der Waals surface area contributed by atoms with Crippen molar-refractivity contribution in [2.45, 2.75) is 0 Å². The van der Waals surface area contributed by atoms with Crippen molar-refractivity contribution < 1.29 is 0 Å². The molecule has 0 aliphatic rings. The van der Waals surface area contributed by atoms with Crippen LogP contribution in [0.25, 0.3) is 116 Å². The topological polar surface area (TPSA) is 56.5 Å². The van der Waals surface area contributed by atoms with Crippen molar-refractivity contribution in [1.82, 2.24) is 24.5 Å². The van der Waals surface area contributed by atoms with Crippen molar-refractivity contribution >= 4 is 54.1 Å². The van der Waals surface area contributed by atoms with Gasteiger partial charge < -0.3 is 4.57 Å². The van der Waals surface area contributed by atoms with E-state index in [1.54, 1.807) is 0 Å². The van der Waals surface area contributed by atoms with E-state index in [0.717, 1.165) is 33.5 Å². The van der Waals surface area contributed by atoms with Gasteiger partial charge in [0.15, 0.2) is 17.5 Å². The summed E-state index contributed by atoms with van der Waals surface area (Å²) in [5.41, 5.74) is 10.3. The molecule has 5 heteroatoms. The third-order valence-electron chi connectivity index (χ3n) is 11.8. The number of aromatic nitrogens is 5. The van der Waals surface area contributed by atoms with Crippen LogP contribution in [0.3, 0.4) is 0 Å². The molecule has 0 saturated heterocycles. The molecule has 12 aromatic rings. The molecule has 3 aromatic heterocycles. The van der Waals surface area contributed by atoms with Crippen LogP contribution in [-0.2, 0) is 0 Å². The zero-order valence-corrected chi connectivity index (χ0v) is 32.9. The molecule has 3 heterocycles. The Balaban J connectivity index is 1.07. The molecule has 0 radical (unpaired) electrons. The van der Waals surface area contributed by atoms with Gasteiger partial charge in [0, 0.05) is 32.8 Å². The summed E-state index contributed by atoms with van der Waals surface area (Å²) in [6.07, 6.45) is 0. The van der Waals surface area contributed by atoms with Crippen LogP contribution in [0.5, 0.6) is 0 Å². The van der Waals surface area contributed by atoms with Gasteiger partial charge >= 0.3 is 0 Å². The van der Waals surface area contributed by atoms with E-state index in [1.165, 1.54) is 59.9 Å². The Morgan fingerprint density at radius 2 is 0.770 bits per heavy atom. The fourth-order valence-corrected chi connectivity index (χ4v) is 9.11. The zero-order valence-electron chi connectivity index (χ0n) is 32.9. The molecular formula is C56H35N5. The molecule has 0 aliphatic carbocycles. The standard InChI is InChI=1S/C56H35N5/c1-4-17-36(18-5-1)39-33-34-50-46(35-39)40-23-12-13-31-49(40)61(50)51-32-15-27-44-42-26-14-28-45(52(42)41-24-10-11-25-43(41)53(44)51)47-29-16-30-48(57-47)56-59-54(37-19-6-2-7-20-37)58-55(60-56)38-21-8-3-9-22-38/h1-35H. The van der Waals surface area contributed by atoms with E-state index < -0.39 is 0 Å². The number of hydrogen-bond donors (Lipinski definition) is 0. The average molecular weight is 778 g/mol. The number of nitrogens with zero attached hydrogens (tertiary/aromatic N) is 5. The lowest BCUT2D eigenvalue weighted by molar-refractivity contribution is 1.06. The van der Waals surface area contributed by atoms with Gasteiger partial charge in [0.05, 0.1) is 22.4 Å². The van der Waals surface area contributed by atoms with Crippen LogP contribution in [0.4, 0.5) is 0 Å². The highest BCUT2D eigenvalue weighted by molar-refractivity contribution is 6.30. The van der Waals surface area contributed by atoms with Crippen molar-refractivity contribution in [2.24, 2.45) is 0 Å². The zero-order chi connectivity index (χ0) is 40.3. The maximum atomic E-state index is 5.32. The van der Waals surface area contributed by atoms with Crippen LogP contribution >= 0.6 is 0 Å². The van der Waals surface area contributed by atoms with Gasteiger partial charge in [0.25, 0.3) is 0 Å². The largest absolute Gasteiger partial charge is 0.309 e. The number of fused-ring (bicyclic) bond motifs is 9. The van der Waals surface area contributed by atoms with Crippen molar-refractivity contribution in [3.63, 3.8) is 0 Å². The Morgan fingerprint density at radius 3 is 1.44 bits per heavy atom. The van der Waals surface area contributed by atoms with Crippen LogP contribution < -0.4 is 0 Å². The van der Waals surface area contributed by atoms with E-state index in [2.05, 4.69) is 150 Å². The fraction of sp³-hybridized carbons (Fsp3) is 0. The molecule has 284 valence electrons. The molecule has 0 aliphatic heterocycles. The van der Waals surface area contributed by atoms with Gasteiger partial charge in [-0.2, -0.15) is 0 Å². The second-order valence-corrected chi connectivity index (χ2v) is 15.4. The summed E-state index contributed by atoms with van der Waals surface area (Å²) in [5, 5.41) is 9.56. The Morgan fingerprint density at radius 1 is 0.279 bits per heavy atom. The predicted octanol–water partition coefficient (Wildman–Crippen LogP) is 14.2. The SMILES string of the molecule is c1ccc(-c2ccc3c(c2)c2ccccc2n3-c2cccc3c4cccc(-c5cccc(-c6nc(-c7ccccc7)nc(-c7ccccc7)n6)n5)c4c4ccccc4c23)cc1. The molecular weight excluding hydrogens is 743 g/mol. The van der Waals surface area contributed by atoms with Crippen LogP contribution in [-0.4, -0.2) is 24.5 Å². The Labute approximate surface area is 351 Å². The first kappa shape index (κ1) is 34.7. The number of para-hydroxylation sites is 1. The van der Waals surface area contributed by atoms with Gasteiger partial charge in [-0.1, -0.05) is 176 Å².